The molecule has 148 valence electrons. The SMILES string of the molecule is O=C1CC(c2nc(-c3ccccc3)c(-c3ccccc3)[nH]2)CN1Cc1ccccn1. The average Bonchev–Trinajstić information content (AvgIpc) is 3.40. The van der Waals surface area contributed by atoms with Gasteiger partial charge in [-0.05, 0) is 12.1 Å². The molecule has 1 saturated heterocycles. The maximum Gasteiger partial charge on any atom is 0.223 e. The van der Waals surface area contributed by atoms with Gasteiger partial charge in [-0.15, -0.1) is 0 Å². The van der Waals surface area contributed by atoms with Gasteiger partial charge in [0.2, 0.25) is 5.91 Å². The number of nitrogens with zero attached hydrogens (tertiary/aromatic N) is 3. The number of nitrogens with one attached hydrogen (secondary N) is 1. The lowest BCUT2D eigenvalue weighted by atomic mass is 10.1. The Balaban J connectivity index is 1.46. The summed E-state index contributed by atoms with van der Waals surface area (Å²) in [6, 6.07) is 26.2. The first-order valence-corrected chi connectivity index (χ1v) is 10.2. The van der Waals surface area contributed by atoms with E-state index in [0.29, 0.717) is 19.5 Å². The molecule has 0 spiro atoms. The Morgan fingerprint density at radius 2 is 1.60 bits per heavy atom. The van der Waals surface area contributed by atoms with E-state index in [9.17, 15) is 4.79 Å². The molecule has 1 N–H and O–H groups in total. The van der Waals surface area contributed by atoms with Gasteiger partial charge in [-0.2, -0.15) is 0 Å². The number of aromatic nitrogens is 3. The third kappa shape index (κ3) is 3.62. The molecule has 30 heavy (non-hydrogen) atoms. The molecule has 1 aliphatic heterocycles. The summed E-state index contributed by atoms with van der Waals surface area (Å²) in [5, 5.41) is 0. The Bertz CT molecular complexity index is 1080. The van der Waals surface area contributed by atoms with Gasteiger partial charge >= 0.3 is 0 Å². The normalized spacial score (nSPS) is 16.2. The summed E-state index contributed by atoms with van der Waals surface area (Å²) >= 11 is 0. The topological polar surface area (TPSA) is 61.9 Å². The molecular weight excluding hydrogens is 372 g/mol. The van der Waals surface area contributed by atoms with E-state index in [1.54, 1.807) is 6.20 Å². The fraction of sp³-hybridized carbons (Fsp3) is 0.160. The van der Waals surface area contributed by atoms with Gasteiger partial charge in [0.25, 0.3) is 0 Å². The van der Waals surface area contributed by atoms with E-state index in [0.717, 1.165) is 34.0 Å². The van der Waals surface area contributed by atoms with Crippen molar-refractivity contribution in [2.24, 2.45) is 0 Å². The van der Waals surface area contributed by atoms with Crippen molar-refractivity contribution in [2.45, 2.75) is 18.9 Å². The molecule has 0 aliphatic carbocycles. The Hall–Kier alpha value is -3.73. The van der Waals surface area contributed by atoms with E-state index in [1.807, 2.05) is 59.5 Å². The minimum atomic E-state index is 0.0427. The summed E-state index contributed by atoms with van der Waals surface area (Å²) in [7, 11) is 0. The zero-order valence-corrected chi connectivity index (χ0v) is 16.5. The molecule has 3 heterocycles. The van der Waals surface area contributed by atoms with Gasteiger partial charge < -0.3 is 9.88 Å². The quantitative estimate of drug-likeness (QED) is 0.536. The molecule has 1 fully saturated rings. The number of hydrogen-bond donors (Lipinski definition) is 1. The predicted octanol–water partition coefficient (Wildman–Crippen LogP) is 4.65. The number of amides is 1. The first-order chi connectivity index (χ1) is 14.8. The van der Waals surface area contributed by atoms with Gasteiger partial charge in [-0.3, -0.25) is 9.78 Å². The number of imidazole rings is 1. The van der Waals surface area contributed by atoms with Crippen LogP contribution in [0.1, 0.15) is 23.9 Å². The van der Waals surface area contributed by atoms with Crippen LogP contribution in [0.15, 0.2) is 85.1 Å². The summed E-state index contributed by atoms with van der Waals surface area (Å²) in [5.74, 6) is 1.05. The van der Waals surface area contributed by atoms with E-state index in [-0.39, 0.29) is 11.8 Å². The van der Waals surface area contributed by atoms with Crippen LogP contribution in [-0.4, -0.2) is 32.3 Å². The molecule has 1 atom stereocenters. The van der Waals surface area contributed by atoms with Crippen LogP contribution in [0.3, 0.4) is 0 Å². The highest BCUT2D eigenvalue weighted by molar-refractivity contribution is 5.81. The van der Waals surface area contributed by atoms with E-state index in [2.05, 4.69) is 34.2 Å². The van der Waals surface area contributed by atoms with Crippen molar-refractivity contribution in [3.63, 3.8) is 0 Å². The number of pyridine rings is 1. The molecule has 5 heteroatoms. The van der Waals surface area contributed by atoms with Crippen molar-refractivity contribution in [3.05, 3.63) is 96.6 Å². The van der Waals surface area contributed by atoms with Gasteiger partial charge in [0.15, 0.2) is 0 Å². The molecule has 2 aromatic carbocycles. The molecule has 1 aliphatic rings. The van der Waals surface area contributed by atoms with Crippen LogP contribution in [0.5, 0.6) is 0 Å². The van der Waals surface area contributed by atoms with E-state index in [4.69, 9.17) is 4.98 Å². The Kier molecular flexibility index (Phi) is 4.85. The summed E-state index contributed by atoms with van der Waals surface area (Å²) in [5.41, 5.74) is 4.97. The first-order valence-electron chi connectivity index (χ1n) is 10.2. The van der Waals surface area contributed by atoms with Gasteiger partial charge in [0.1, 0.15) is 5.82 Å². The number of benzene rings is 2. The summed E-state index contributed by atoms with van der Waals surface area (Å²) in [6.45, 7) is 1.18. The summed E-state index contributed by atoms with van der Waals surface area (Å²) in [4.78, 5) is 27.4. The van der Waals surface area contributed by atoms with Crippen LogP contribution in [0.2, 0.25) is 0 Å². The molecule has 1 unspecified atom stereocenters. The van der Waals surface area contributed by atoms with Crippen LogP contribution in [0.25, 0.3) is 22.5 Å². The molecule has 5 rings (SSSR count). The van der Waals surface area contributed by atoms with Gasteiger partial charge in [0.05, 0.1) is 23.6 Å². The summed E-state index contributed by atoms with van der Waals surface area (Å²) < 4.78 is 0. The summed E-state index contributed by atoms with van der Waals surface area (Å²) in [6.07, 6.45) is 2.22. The van der Waals surface area contributed by atoms with Crippen LogP contribution in [0, 0.1) is 0 Å². The Morgan fingerprint density at radius 1 is 0.900 bits per heavy atom. The lowest BCUT2D eigenvalue weighted by Gasteiger charge is -2.15. The number of hydrogen-bond acceptors (Lipinski definition) is 3. The number of carbonyl (C=O) groups excluding carboxylic acids is 1. The van der Waals surface area contributed by atoms with Gasteiger partial charge in [0, 0.05) is 36.2 Å². The maximum atomic E-state index is 12.7. The van der Waals surface area contributed by atoms with E-state index in [1.165, 1.54) is 0 Å². The monoisotopic (exact) mass is 394 g/mol. The highest BCUT2D eigenvalue weighted by Gasteiger charge is 2.33. The largest absolute Gasteiger partial charge is 0.341 e. The highest BCUT2D eigenvalue weighted by Crippen LogP contribution is 2.34. The highest BCUT2D eigenvalue weighted by atomic mass is 16.2. The number of rotatable bonds is 5. The predicted molar refractivity (Wildman–Crippen MR) is 116 cm³/mol. The Morgan fingerprint density at radius 3 is 2.30 bits per heavy atom. The minimum Gasteiger partial charge on any atom is -0.341 e. The second kappa shape index (κ2) is 7.95. The molecule has 2 aromatic heterocycles. The fourth-order valence-corrected chi connectivity index (χ4v) is 4.00. The minimum absolute atomic E-state index is 0.0427. The molecular formula is C25H22N4O. The third-order valence-corrected chi connectivity index (χ3v) is 5.51. The van der Waals surface area contributed by atoms with Crippen molar-refractivity contribution < 1.29 is 4.79 Å². The van der Waals surface area contributed by atoms with Gasteiger partial charge in [-0.1, -0.05) is 66.7 Å². The standard InChI is InChI=1S/C25H22N4O/c30-22-15-20(16-29(22)17-21-13-7-8-14-26-21)25-27-23(18-9-3-1-4-10-18)24(28-25)19-11-5-2-6-12-19/h1-14,20H,15-17H2,(H,27,28). The molecule has 0 bridgehead atoms. The first kappa shape index (κ1) is 18.3. The van der Waals surface area contributed by atoms with Crippen molar-refractivity contribution >= 4 is 5.91 Å². The number of H-pyrrole nitrogens is 1. The molecule has 1 amide bonds. The Labute approximate surface area is 175 Å². The van der Waals surface area contributed by atoms with Gasteiger partial charge in [-0.25, -0.2) is 4.98 Å². The van der Waals surface area contributed by atoms with Crippen molar-refractivity contribution in [1.82, 2.24) is 19.9 Å². The number of likely N-dealkylation sites (tertiary alicyclic amines) is 1. The van der Waals surface area contributed by atoms with Crippen LogP contribution in [-0.2, 0) is 11.3 Å². The zero-order valence-electron chi connectivity index (χ0n) is 16.5. The maximum absolute atomic E-state index is 12.7. The number of carbonyl (C=O) groups is 1. The smallest absolute Gasteiger partial charge is 0.223 e. The molecule has 0 saturated carbocycles. The second-order valence-corrected chi connectivity index (χ2v) is 7.57. The van der Waals surface area contributed by atoms with Crippen LogP contribution >= 0.6 is 0 Å². The second-order valence-electron chi connectivity index (χ2n) is 7.57. The lowest BCUT2D eigenvalue weighted by molar-refractivity contribution is -0.128. The molecule has 4 aromatic rings. The van der Waals surface area contributed by atoms with Crippen molar-refractivity contribution in [2.75, 3.05) is 6.54 Å². The van der Waals surface area contributed by atoms with E-state index >= 15 is 0 Å². The fourth-order valence-electron chi connectivity index (χ4n) is 4.00. The lowest BCUT2D eigenvalue weighted by Crippen LogP contribution is -2.24. The van der Waals surface area contributed by atoms with Crippen LogP contribution in [0.4, 0.5) is 0 Å². The van der Waals surface area contributed by atoms with Crippen molar-refractivity contribution in [1.29, 1.82) is 0 Å². The van der Waals surface area contributed by atoms with Crippen LogP contribution < -0.4 is 0 Å². The van der Waals surface area contributed by atoms with Crippen molar-refractivity contribution in [3.8, 4) is 22.5 Å². The average molecular weight is 394 g/mol. The van der Waals surface area contributed by atoms with E-state index < -0.39 is 0 Å². The molecule has 5 nitrogen and oxygen atoms in total. The molecule has 0 radical (unpaired) electrons. The zero-order chi connectivity index (χ0) is 20.3. The third-order valence-electron chi connectivity index (χ3n) is 5.51. The number of aromatic amines is 1.